The van der Waals surface area contributed by atoms with E-state index in [4.69, 9.17) is 0 Å². The lowest BCUT2D eigenvalue weighted by atomic mass is 9.96. The minimum Gasteiger partial charge on any atom is -0.346 e. The van der Waals surface area contributed by atoms with Gasteiger partial charge in [0.1, 0.15) is 0 Å². The zero-order valence-electron chi connectivity index (χ0n) is 13.3. The Morgan fingerprint density at radius 3 is 2.75 bits per heavy atom. The summed E-state index contributed by atoms with van der Waals surface area (Å²) in [5.41, 5.74) is 1.50. The molecule has 1 fully saturated rings. The number of aromatic nitrogens is 2. The fraction of sp³-hybridized carbons (Fsp3) is 0.375. The molecule has 2 atom stereocenters. The first-order chi connectivity index (χ1) is 11.4. The molecule has 2 heterocycles. The number of sulfonamides is 1. The topological polar surface area (TPSA) is 93.1 Å². The summed E-state index contributed by atoms with van der Waals surface area (Å²) in [7, 11) is -1.70. The zero-order chi connectivity index (χ0) is 17.2. The number of nitrogens with zero attached hydrogens (tertiary/aromatic N) is 2. The standard InChI is InChI=1S/C16H20N4O3S/c1-20-11-17-9-14(20)16-13(7-8-15(21)18-16)19-24(22,23)10-12-5-3-2-4-6-12/h2-6,9,11,13,16,19H,7-8,10H2,1H3,(H,18,21)/t13-,16-/m1/s1. The molecule has 2 N–H and O–H groups in total. The number of imidazole rings is 1. The molecule has 0 aliphatic carbocycles. The van der Waals surface area contributed by atoms with Crippen molar-refractivity contribution >= 4 is 15.9 Å². The van der Waals surface area contributed by atoms with Gasteiger partial charge >= 0.3 is 0 Å². The van der Waals surface area contributed by atoms with Crippen molar-refractivity contribution in [3.63, 3.8) is 0 Å². The van der Waals surface area contributed by atoms with E-state index in [1.54, 1.807) is 29.2 Å². The molecule has 0 unspecified atom stereocenters. The van der Waals surface area contributed by atoms with E-state index in [9.17, 15) is 13.2 Å². The highest BCUT2D eigenvalue weighted by Gasteiger charge is 2.34. The van der Waals surface area contributed by atoms with Gasteiger partial charge in [-0.15, -0.1) is 0 Å². The Bertz CT molecular complexity index is 817. The van der Waals surface area contributed by atoms with Crippen LogP contribution in [0.15, 0.2) is 42.9 Å². The molecule has 0 spiro atoms. The fourth-order valence-electron chi connectivity index (χ4n) is 2.94. The number of rotatable bonds is 5. The van der Waals surface area contributed by atoms with Crippen LogP contribution in [-0.4, -0.2) is 29.9 Å². The van der Waals surface area contributed by atoms with Gasteiger partial charge < -0.3 is 9.88 Å². The summed E-state index contributed by atoms with van der Waals surface area (Å²) in [4.78, 5) is 15.8. The van der Waals surface area contributed by atoms with Gasteiger partial charge in [0.05, 0.1) is 30.0 Å². The Labute approximate surface area is 141 Å². The molecule has 0 saturated carbocycles. The minimum absolute atomic E-state index is 0.0836. The van der Waals surface area contributed by atoms with Crippen molar-refractivity contribution in [3.8, 4) is 0 Å². The number of amides is 1. The Kier molecular flexibility index (Phi) is 4.68. The molecule has 0 radical (unpaired) electrons. The van der Waals surface area contributed by atoms with Crippen LogP contribution in [0.1, 0.15) is 30.1 Å². The molecule has 7 nitrogen and oxygen atoms in total. The molecule has 1 aliphatic rings. The maximum atomic E-state index is 12.5. The Hall–Kier alpha value is -2.19. The largest absolute Gasteiger partial charge is 0.346 e. The van der Waals surface area contributed by atoms with E-state index in [1.165, 1.54) is 0 Å². The predicted molar refractivity (Wildman–Crippen MR) is 89.3 cm³/mol. The van der Waals surface area contributed by atoms with Gasteiger partial charge in [0.2, 0.25) is 15.9 Å². The maximum Gasteiger partial charge on any atom is 0.220 e. The number of hydrogen-bond donors (Lipinski definition) is 2. The van der Waals surface area contributed by atoms with E-state index in [-0.39, 0.29) is 11.7 Å². The molecule has 1 aliphatic heterocycles. The second kappa shape index (κ2) is 6.74. The number of piperidine rings is 1. The second-order valence-electron chi connectivity index (χ2n) is 5.98. The summed E-state index contributed by atoms with van der Waals surface area (Å²) in [6.45, 7) is 0. The molecule has 128 valence electrons. The molecule has 0 bridgehead atoms. The van der Waals surface area contributed by atoms with Gasteiger partial charge in [-0.1, -0.05) is 30.3 Å². The molecular weight excluding hydrogens is 328 g/mol. The lowest BCUT2D eigenvalue weighted by Gasteiger charge is -2.32. The first-order valence-corrected chi connectivity index (χ1v) is 9.39. The van der Waals surface area contributed by atoms with Gasteiger partial charge in [0.15, 0.2) is 0 Å². The van der Waals surface area contributed by atoms with E-state index < -0.39 is 22.1 Å². The lowest BCUT2D eigenvalue weighted by molar-refractivity contribution is -0.123. The van der Waals surface area contributed by atoms with Crippen LogP contribution in [0.25, 0.3) is 0 Å². The Morgan fingerprint density at radius 2 is 2.08 bits per heavy atom. The first-order valence-electron chi connectivity index (χ1n) is 7.74. The van der Waals surface area contributed by atoms with Gasteiger partial charge in [-0.25, -0.2) is 18.1 Å². The lowest BCUT2D eigenvalue weighted by Crippen LogP contribution is -2.50. The molecule has 24 heavy (non-hydrogen) atoms. The third-order valence-corrected chi connectivity index (χ3v) is 5.48. The van der Waals surface area contributed by atoms with Crippen molar-refractivity contribution in [1.82, 2.24) is 19.6 Å². The van der Waals surface area contributed by atoms with Crippen molar-refractivity contribution in [2.75, 3.05) is 0 Å². The van der Waals surface area contributed by atoms with Crippen molar-refractivity contribution < 1.29 is 13.2 Å². The van der Waals surface area contributed by atoms with Crippen LogP contribution in [0, 0.1) is 0 Å². The summed E-state index contributed by atoms with van der Waals surface area (Å²) in [6, 6.07) is 8.20. The molecular formula is C16H20N4O3S. The van der Waals surface area contributed by atoms with Crippen molar-refractivity contribution in [3.05, 3.63) is 54.1 Å². The number of aryl methyl sites for hydroxylation is 1. The smallest absolute Gasteiger partial charge is 0.220 e. The SMILES string of the molecule is Cn1cncc1[C@@H]1NC(=O)CC[C@H]1NS(=O)(=O)Cc1ccccc1. The van der Waals surface area contributed by atoms with Crippen molar-refractivity contribution in [2.45, 2.75) is 30.7 Å². The van der Waals surface area contributed by atoms with E-state index in [0.717, 1.165) is 11.3 Å². The molecule has 1 aromatic heterocycles. The Morgan fingerprint density at radius 1 is 1.33 bits per heavy atom. The number of hydrogen-bond acceptors (Lipinski definition) is 4. The molecule has 8 heteroatoms. The van der Waals surface area contributed by atoms with Crippen LogP contribution in [0.3, 0.4) is 0 Å². The van der Waals surface area contributed by atoms with Crippen molar-refractivity contribution in [1.29, 1.82) is 0 Å². The monoisotopic (exact) mass is 348 g/mol. The first kappa shape index (κ1) is 16.7. The predicted octanol–water partition coefficient (Wildman–Crippen LogP) is 0.859. The van der Waals surface area contributed by atoms with Crippen LogP contribution in [0.5, 0.6) is 0 Å². The van der Waals surface area contributed by atoms with Gasteiger partial charge in [-0.3, -0.25) is 4.79 Å². The van der Waals surface area contributed by atoms with E-state index in [0.29, 0.717) is 12.8 Å². The number of carbonyl (C=O) groups is 1. The molecule has 3 rings (SSSR count). The van der Waals surface area contributed by atoms with E-state index >= 15 is 0 Å². The van der Waals surface area contributed by atoms with Crippen LogP contribution in [-0.2, 0) is 27.6 Å². The quantitative estimate of drug-likeness (QED) is 0.838. The number of carbonyl (C=O) groups excluding carboxylic acids is 1. The fourth-order valence-corrected chi connectivity index (χ4v) is 4.37. The average molecular weight is 348 g/mol. The minimum atomic E-state index is -3.52. The summed E-state index contributed by atoms with van der Waals surface area (Å²) in [6.07, 6.45) is 4.03. The molecule has 1 amide bonds. The highest BCUT2D eigenvalue weighted by atomic mass is 32.2. The highest BCUT2D eigenvalue weighted by Crippen LogP contribution is 2.24. The van der Waals surface area contributed by atoms with Crippen LogP contribution >= 0.6 is 0 Å². The second-order valence-corrected chi connectivity index (χ2v) is 7.74. The van der Waals surface area contributed by atoms with Crippen LogP contribution < -0.4 is 10.0 Å². The number of nitrogens with one attached hydrogen (secondary N) is 2. The summed E-state index contributed by atoms with van der Waals surface area (Å²) < 4.78 is 29.5. The van der Waals surface area contributed by atoms with Crippen molar-refractivity contribution in [2.24, 2.45) is 7.05 Å². The van der Waals surface area contributed by atoms with Gasteiger partial charge in [-0.05, 0) is 12.0 Å². The van der Waals surface area contributed by atoms with Gasteiger partial charge in [-0.2, -0.15) is 0 Å². The molecule has 2 aromatic rings. The Balaban J connectivity index is 1.78. The molecule has 1 aromatic carbocycles. The van der Waals surface area contributed by atoms with Gasteiger partial charge in [0.25, 0.3) is 0 Å². The third kappa shape index (κ3) is 3.82. The average Bonchev–Trinajstić information content (AvgIpc) is 2.95. The van der Waals surface area contributed by atoms with Crippen LogP contribution in [0.4, 0.5) is 0 Å². The highest BCUT2D eigenvalue weighted by molar-refractivity contribution is 7.88. The van der Waals surface area contributed by atoms with Gasteiger partial charge in [0, 0.05) is 19.5 Å². The summed E-state index contributed by atoms with van der Waals surface area (Å²) in [5.74, 6) is -0.171. The summed E-state index contributed by atoms with van der Waals surface area (Å²) >= 11 is 0. The van der Waals surface area contributed by atoms with E-state index in [2.05, 4.69) is 15.0 Å². The third-order valence-electron chi connectivity index (χ3n) is 4.10. The summed E-state index contributed by atoms with van der Waals surface area (Å²) in [5, 5.41) is 2.87. The maximum absolute atomic E-state index is 12.5. The molecule has 1 saturated heterocycles. The zero-order valence-corrected chi connectivity index (χ0v) is 14.2. The number of benzene rings is 1. The normalized spacial score (nSPS) is 21.5. The van der Waals surface area contributed by atoms with Crippen LogP contribution in [0.2, 0.25) is 0 Å². The van der Waals surface area contributed by atoms with E-state index in [1.807, 2.05) is 25.2 Å².